The minimum atomic E-state index is -0.198. The smallest absolute Gasteiger partial charge is 0.257 e. The zero-order chi connectivity index (χ0) is 13.8. The van der Waals surface area contributed by atoms with E-state index in [1.54, 1.807) is 29.2 Å². The van der Waals surface area contributed by atoms with Crippen LogP contribution in [0, 0.1) is 18.8 Å². The Bertz CT molecular complexity index is 661. The van der Waals surface area contributed by atoms with Crippen LogP contribution in [0.4, 0.5) is 5.82 Å². The number of anilines is 1. The Morgan fingerprint density at radius 3 is 3.00 bits per heavy atom. The first-order chi connectivity index (χ1) is 9.10. The number of rotatable bonds is 2. The lowest BCUT2D eigenvalue weighted by molar-refractivity contribution is 0.102. The summed E-state index contributed by atoms with van der Waals surface area (Å²) in [6.07, 6.45) is 0. The molecule has 0 radical (unpaired) electrons. The van der Waals surface area contributed by atoms with Gasteiger partial charge < -0.3 is 10.4 Å². The molecule has 2 heterocycles. The second kappa shape index (κ2) is 5.69. The Hall–Kier alpha value is -2.10. The maximum absolute atomic E-state index is 12.0. The number of aryl methyl sites for hydroxylation is 2. The second-order valence-electron chi connectivity index (χ2n) is 3.91. The van der Waals surface area contributed by atoms with Crippen LogP contribution in [-0.4, -0.2) is 27.4 Å². The highest BCUT2D eigenvalue weighted by atomic mass is 32.1. The summed E-state index contributed by atoms with van der Waals surface area (Å²) in [5, 5.41) is 17.3. The average Bonchev–Trinajstić information content (AvgIpc) is 2.94. The minimum Gasteiger partial charge on any atom is -0.384 e. The Labute approximate surface area is 114 Å². The Morgan fingerprint density at radius 2 is 2.37 bits per heavy atom. The first-order valence-corrected chi connectivity index (χ1v) is 6.48. The molecule has 0 fully saturated rings. The topological polar surface area (TPSA) is 67.2 Å². The van der Waals surface area contributed by atoms with Crippen molar-refractivity contribution in [1.29, 1.82) is 0 Å². The van der Waals surface area contributed by atoms with Gasteiger partial charge in [0.15, 0.2) is 0 Å². The van der Waals surface area contributed by atoms with Crippen LogP contribution in [0.5, 0.6) is 0 Å². The maximum Gasteiger partial charge on any atom is 0.257 e. The molecule has 2 aromatic heterocycles. The molecule has 0 saturated carbocycles. The molecule has 1 amide bonds. The number of aliphatic hydroxyl groups is 1. The van der Waals surface area contributed by atoms with Gasteiger partial charge in [-0.1, -0.05) is 11.8 Å². The van der Waals surface area contributed by atoms with Crippen LogP contribution in [0.1, 0.15) is 20.9 Å². The first-order valence-electron chi connectivity index (χ1n) is 5.60. The van der Waals surface area contributed by atoms with E-state index in [1.807, 2.05) is 6.92 Å². The molecule has 0 aliphatic carbocycles. The lowest BCUT2D eigenvalue weighted by atomic mass is 10.3. The molecule has 0 aliphatic heterocycles. The lowest BCUT2D eigenvalue weighted by Crippen LogP contribution is -2.13. The van der Waals surface area contributed by atoms with Crippen LogP contribution < -0.4 is 5.32 Å². The number of hydrogen-bond donors (Lipinski definition) is 2. The summed E-state index contributed by atoms with van der Waals surface area (Å²) < 4.78 is 1.62. The van der Waals surface area contributed by atoms with E-state index in [2.05, 4.69) is 22.3 Å². The van der Waals surface area contributed by atoms with Crippen molar-refractivity contribution in [1.82, 2.24) is 9.78 Å². The molecule has 5 nitrogen and oxygen atoms in total. The zero-order valence-corrected chi connectivity index (χ0v) is 11.4. The summed E-state index contributed by atoms with van der Waals surface area (Å²) in [6, 6.07) is 3.50. The summed E-state index contributed by atoms with van der Waals surface area (Å²) in [5.74, 6) is 5.77. The van der Waals surface area contributed by atoms with Gasteiger partial charge in [-0.25, -0.2) is 0 Å². The van der Waals surface area contributed by atoms with Gasteiger partial charge in [-0.3, -0.25) is 9.48 Å². The predicted octanol–water partition coefficient (Wildman–Crippen LogP) is 1.39. The third-order valence-corrected chi connectivity index (χ3v) is 3.24. The number of carbonyl (C=O) groups is 1. The molecule has 2 rings (SSSR count). The third-order valence-electron chi connectivity index (χ3n) is 2.40. The summed E-state index contributed by atoms with van der Waals surface area (Å²) in [6.45, 7) is 1.68. The van der Waals surface area contributed by atoms with Gasteiger partial charge in [-0.05, 0) is 13.0 Å². The van der Waals surface area contributed by atoms with Crippen molar-refractivity contribution in [3.05, 3.63) is 33.6 Å². The minimum absolute atomic E-state index is 0.187. The molecule has 0 atom stereocenters. The molecule has 98 valence electrons. The first kappa shape index (κ1) is 13.3. The van der Waals surface area contributed by atoms with Crippen molar-refractivity contribution in [2.45, 2.75) is 6.92 Å². The molecule has 0 unspecified atom stereocenters. The van der Waals surface area contributed by atoms with Gasteiger partial charge in [-0.15, -0.1) is 11.3 Å². The number of thiophene rings is 1. The van der Waals surface area contributed by atoms with Crippen LogP contribution in [0.3, 0.4) is 0 Å². The Kier molecular flexibility index (Phi) is 4.00. The number of aromatic nitrogens is 2. The van der Waals surface area contributed by atoms with Crippen molar-refractivity contribution >= 4 is 23.1 Å². The van der Waals surface area contributed by atoms with E-state index in [4.69, 9.17) is 5.11 Å². The highest BCUT2D eigenvalue weighted by molar-refractivity contribution is 7.10. The van der Waals surface area contributed by atoms with Gasteiger partial charge in [0.05, 0.1) is 16.1 Å². The van der Waals surface area contributed by atoms with Gasteiger partial charge >= 0.3 is 0 Å². The molecule has 19 heavy (non-hydrogen) atoms. The maximum atomic E-state index is 12.0. The fourth-order valence-corrected chi connectivity index (χ4v) is 2.32. The molecule has 0 aromatic carbocycles. The number of hydrogen-bond acceptors (Lipinski definition) is 4. The molecule has 2 aromatic rings. The molecule has 0 spiro atoms. The molecule has 0 bridgehead atoms. The van der Waals surface area contributed by atoms with Crippen LogP contribution >= 0.6 is 11.3 Å². The number of nitrogens with one attached hydrogen (secondary N) is 1. The SMILES string of the molecule is Cc1cc(NC(=O)c2csc(C#CCO)c2)n(C)n1. The second-order valence-corrected chi connectivity index (χ2v) is 4.82. The molecular formula is C13H13N3O2S. The molecule has 6 heteroatoms. The van der Waals surface area contributed by atoms with E-state index in [-0.39, 0.29) is 12.5 Å². The summed E-state index contributed by atoms with van der Waals surface area (Å²) in [4.78, 5) is 12.8. The van der Waals surface area contributed by atoms with E-state index in [9.17, 15) is 4.79 Å². The van der Waals surface area contributed by atoms with Gasteiger partial charge in [0.2, 0.25) is 0 Å². The standard InChI is InChI=1S/C13H13N3O2S/c1-9-6-12(16(2)15-9)14-13(18)10-7-11(19-8-10)4-3-5-17/h6-8,17H,5H2,1-2H3,(H,14,18). The van der Waals surface area contributed by atoms with E-state index in [0.29, 0.717) is 11.4 Å². The molecule has 2 N–H and O–H groups in total. The van der Waals surface area contributed by atoms with E-state index < -0.39 is 0 Å². The van der Waals surface area contributed by atoms with Crippen molar-refractivity contribution in [3.63, 3.8) is 0 Å². The Morgan fingerprint density at radius 1 is 1.58 bits per heavy atom. The van der Waals surface area contributed by atoms with Gasteiger partial charge in [-0.2, -0.15) is 5.10 Å². The summed E-state index contributed by atoms with van der Waals surface area (Å²) in [5.41, 5.74) is 1.39. The normalized spacial score (nSPS) is 9.84. The van der Waals surface area contributed by atoms with Gasteiger partial charge in [0, 0.05) is 18.5 Å². The Balaban J connectivity index is 2.12. The number of carbonyl (C=O) groups excluding carboxylic acids is 1. The van der Waals surface area contributed by atoms with Crippen molar-refractivity contribution in [3.8, 4) is 11.8 Å². The van der Waals surface area contributed by atoms with Crippen LogP contribution in [-0.2, 0) is 7.05 Å². The zero-order valence-electron chi connectivity index (χ0n) is 10.6. The van der Waals surface area contributed by atoms with Crippen LogP contribution in [0.25, 0.3) is 0 Å². The monoisotopic (exact) mass is 275 g/mol. The van der Waals surface area contributed by atoms with Gasteiger partial charge in [0.1, 0.15) is 12.4 Å². The van der Waals surface area contributed by atoms with Crippen LogP contribution in [0.2, 0.25) is 0 Å². The largest absolute Gasteiger partial charge is 0.384 e. The molecular weight excluding hydrogens is 262 g/mol. The highest BCUT2D eigenvalue weighted by Gasteiger charge is 2.11. The van der Waals surface area contributed by atoms with Crippen LogP contribution in [0.15, 0.2) is 17.5 Å². The number of nitrogens with zero attached hydrogens (tertiary/aromatic N) is 2. The van der Waals surface area contributed by atoms with E-state index in [1.165, 1.54) is 11.3 Å². The van der Waals surface area contributed by atoms with Crippen molar-refractivity contribution < 1.29 is 9.90 Å². The van der Waals surface area contributed by atoms with Crippen molar-refractivity contribution in [2.75, 3.05) is 11.9 Å². The van der Waals surface area contributed by atoms with E-state index in [0.717, 1.165) is 10.6 Å². The molecule has 0 aliphatic rings. The lowest BCUT2D eigenvalue weighted by Gasteiger charge is -2.02. The van der Waals surface area contributed by atoms with Crippen molar-refractivity contribution in [2.24, 2.45) is 7.05 Å². The number of amides is 1. The van der Waals surface area contributed by atoms with Gasteiger partial charge in [0.25, 0.3) is 5.91 Å². The predicted molar refractivity (Wildman–Crippen MR) is 74.2 cm³/mol. The number of aliphatic hydroxyl groups excluding tert-OH is 1. The highest BCUT2D eigenvalue weighted by Crippen LogP contribution is 2.16. The quantitative estimate of drug-likeness (QED) is 0.814. The fourth-order valence-electron chi connectivity index (χ4n) is 1.56. The third kappa shape index (κ3) is 3.22. The molecule has 0 saturated heterocycles. The van der Waals surface area contributed by atoms with E-state index >= 15 is 0 Å². The summed E-state index contributed by atoms with van der Waals surface area (Å²) in [7, 11) is 1.77. The average molecular weight is 275 g/mol. The summed E-state index contributed by atoms with van der Waals surface area (Å²) >= 11 is 1.37. The fraction of sp³-hybridized carbons (Fsp3) is 0.231.